The molecule has 1 unspecified atom stereocenters. The molecule has 6 heteroatoms. The molecule has 0 spiro atoms. The summed E-state index contributed by atoms with van der Waals surface area (Å²) in [5.74, 6) is 6.29. The lowest BCUT2D eigenvalue weighted by Crippen LogP contribution is -2.29. The molecule has 90 valence electrons. The molecule has 0 radical (unpaired) electrons. The van der Waals surface area contributed by atoms with Crippen LogP contribution in [0, 0.1) is 0 Å². The highest BCUT2D eigenvalue weighted by Crippen LogP contribution is 2.34. The summed E-state index contributed by atoms with van der Waals surface area (Å²) < 4.78 is 7.18. The van der Waals surface area contributed by atoms with E-state index < -0.39 is 0 Å². The molecule has 1 aromatic carbocycles. The lowest BCUT2D eigenvalue weighted by atomic mass is 10.1. The summed E-state index contributed by atoms with van der Waals surface area (Å²) in [5, 5.41) is 0.645. The highest BCUT2D eigenvalue weighted by Gasteiger charge is 2.21. The molecule has 3 N–H and O–H groups in total. The minimum atomic E-state index is -0.271. The Morgan fingerprint density at radius 2 is 2.00 bits per heavy atom. The summed E-state index contributed by atoms with van der Waals surface area (Å²) in [5.41, 5.74) is 3.63. The minimum absolute atomic E-state index is 0.271. The fourth-order valence-electron chi connectivity index (χ4n) is 1.55. The van der Waals surface area contributed by atoms with Crippen molar-refractivity contribution in [3.05, 3.63) is 55.8 Å². The first-order valence-electron chi connectivity index (χ1n) is 4.77. The molecule has 17 heavy (non-hydrogen) atoms. The Kier molecular flexibility index (Phi) is 4.27. The highest BCUT2D eigenvalue weighted by atomic mass is 79.9. The topological polar surface area (TPSA) is 51.2 Å². The van der Waals surface area contributed by atoms with Crippen LogP contribution in [0.4, 0.5) is 0 Å². The first-order chi connectivity index (χ1) is 8.13. The molecule has 0 bridgehead atoms. The second-order valence-corrected chi connectivity index (χ2v) is 5.54. The normalized spacial score (nSPS) is 12.7. The molecular formula is C11H9Br2ClN2O. The third-order valence-electron chi connectivity index (χ3n) is 2.34. The van der Waals surface area contributed by atoms with Crippen molar-refractivity contribution in [2.75, 3.05) is 0 Å². The van der Waals surface area contributed by atoms with Gasteiger partial charge in [0.15, 0.2) is 0 Å². The van der Waals surface area contributed by atoms with Gasteiger partial charge in [-0.15, -0.1) is 0 Å². The van der Waals surface area contributed by atoms with Crippen molar-refractivity contribution in [1.29, 1.82) is 0 Å². The zero-order valence-corrected chi connectivity index (χ0v) is 12.5. The Balaban J connectivity index is 2.49. The van der Waals surface area contributed by atoms with E-state index in [1.54, 1.807) is 12.3 Å². The molecule has 1 heterocycles. The van der Waals surface area contributed by atoms with Crippen LogP contribution >= 0.6 is 43.5 Å². The lowest BCUT2D eigenvalue weighted by molar-refractivity contribution is 0.449. The van der Waals surface area contributed by atoms with E-state index in [0.29, 0.717) is 10.8 Å². The third-order valence-corrected chi connectivity index (χ3v) is 3.96. The van der Waals surface area contributed by atoms with E-state index in [1.165, 1.54) is 0 Å². The van der Waals surface area contributed by atoms with Crippen molar-refractivity contribution in [2.45, 2.75) is 6.04 Å². The first kappa shape index (κ1) is 13.1. The van der Waals surface area contributed by atoms with Crippen LogP contribution in [0.1, 0.15) is 17.4 Å². The van der Waals surface area contributed by atoms with Crippen molar-refractivity contribution in [3.8, 4) is 0 Å². The Bertz CT molecular complexity index is 530. The molecular weight excluding hydrogens is 371 g/mol. The number of benzene rings is 1. The zero-order valence-electron chi connectivity index (χ0n) is 8.58. The molecule has 0 saturated heterocycles. The molecule has 0 amide bonds. The number of furan rings is 1. The van der Waals surface area contributed by atoms with Gasteiger partial charge in [-0.25, -0.2) is 5.43 Å². The third kappa shape index (κ3) is 2.74. The summed E-state index contributed by atoms with van der Waals surface area (Å²) in [7, 11) is 0. The van der Waals surface area contributed by atoms with Crippen LogP contribution in [0.25, 0.3) is 0 Å². The Labute approximate surface area is 121 Å². The van der Waals surface area contributed by atoms with Crippen molar-refractivity contribution in [2.24, 2.45) is 5.84 Å². The van der Waals surface area contributed by atoms with Crippen molar-refractivity contribution in [3.63, 3.8) is 0 Å². The van der Waals surface area contributed by atoms with Gasteiger partial charge in [-0.3, -0.25) is 5.84 Å². The van der Waals surface area contributed by atoms with Crippen molar-refractivity contribution in [1.82, 2.24) is 5.43 Å². The summed E-state index contributed by atoms with van der Waals surface area (Å²) >= 11 is 12.9. The molecule has 0 aliphatic heterocycles. The summed E-state index contributed by atoms with van der Waals surface area (Å²) in [6, 6.07) is 7.06. The van der Waals surface area contributed by atoms with Gasteiger partial charge in [0.05, 0.1) is 10.7 Å². The first-order valence-corrected chi connectivity index (χ1v) is 6.74. The Morgan fingerprint density at radius 3 is 2.59 bits per heavy atom. The molecule has 3 nitrogen and oxygen atoms in total. The van der Waals surface area contributed by atoms with E-state index in [1.807, 2.05) is 18.2 Å². The highest BCUT2D eigenvalue weighted by molar-refractivity contribution is 9.10. The fourth-order valence-corrected chi connectivity index (χ4v) is 2.64. The van der Waals surface area contributed by atoms with Gasteiger partial charge in [0.1, 0.15) is 11.8 Å². The van der Waals surface area contributed by atoms with Gasteiger partial charge in [-0.05, 0) is 45.8 Å². The van der Waals surface area contributed by atoms with E-state index in [9.17, 15) is 0 Å². The number of rotatable bonds is 3. The maximum atomic E-state index is 5.99. The Hall–Kier alpha value is -0.330. The number of nitrogens with two attached hydrogens (primary N) is 1. The van der Waals surface area contributed by atoms with Gasteiger partial charge in [0.25, 0.3) is 0 Å². The van der Waals surface area contributed by atoms with Crippen molar-refractivity contribution < 1.29 is 4.42 Å². The average Bonchev–Trinajstić information content (AvgIpc) is 2.71. The van der Waals surface area contributed by atoms with Crippen LogP contribution in [-0.4, -0.2) is 0 Å². The summed E-state index contributed by atoms with van der Waals surface area (Å²) in [6.45, 7) is 0. The maximum absolute atomic E-state index is 5.99. The molecule has 1 atom stereocenters. The van der Waals surface area contributed by atoms with Crippen LogP contribution in [0.15, 0.2) is 43.9 Å². The SMILES string of the molecule is NNC(c1cc(Cl)ccc1Br)c1occc1Br. The van der Waals surface area contributed by atoms with Crippen LogP contribution in [0.2, 0.25) is 5.02 Å². The fraction of sp³-hybridized carbons (Fsp3) is 0.0909. The van der Waals surface area contributed by atoms with Gasteiger partial charge in [0, 0.05) is 9.50 Å². The number of halogens is 3. The number of hydrogen-bond donors (Lipinski definition) is 2. The predicted octanol–water partition coefficient (Wildman–Crippen LogP) is 4.01. The van der Waals surface area contributed by atoms with E-state index in [4.69, 9.17) is 21.9 Å². The van der Waals surface area contributed by atoms with E-state index >= 15 is 0 Å². The number of hydrogen-bond acceptors (Lipinski definition) is 3. The van der Waals surface area contributed by atoms with E-state index in [-0.39, 0.29) is 6.04 Å². The van der Waals surface area contributed by atoms with Gasteiger partial charge in [0.2, 0.25) is 0 Å². The van der Waals surface area contributed by atoms with E-state index in [2.05, 4.69) is 37.3 Å². The zero-order chi connectivity index (χ0) is 12.4. The van der Waals surface area contributed by atoms with Crippen LogP contribution < -0.4 is 11.3 Å². The van der Waals surface area contributed by atoms with Crippen LogP contribution in [0.5, 0.6) is 0 Å². The van der Waals surface area contributed by atoms with E-state index in [0.717, 1.165) is 14.5 Å². The quantitative estimate of drug-likeness (QED) is 0.625. The predicted molar refractivity (Wildman–Crippen MR) is 74.7 cm³/mol. The monoisotopic (exact) mass is 378 g/mol. The second kappa shape index (κ2) is 5.54. The maximum Gasteiger partial charge on any atom is 0.140 e. The molecule has 0 aliphatic rings. The van der Waals surface area contributed by atoms with Gasteiger partial charge in [-0.2, -0.15) is 0 Å². The average molecular weight is 380 g/mol. The molecule has 0 aliphatic carbocycles. The summed E-state index contributed by atoms with van der Waals surface area (Å²) in [4.78, 5) is 0. The van der Waals surface area contributed by atoms with Crippen LogP contribution in [-0.2, 0) is 0 Å². The molecule has 0 fully saturated rings. The van der Waals surface area contributed by atoms with Gasteiger partial charge in [-0.1, -0.05) is 27.5 Å². The second-order valence-electron chi connectivity index (χ2n) is 3.40. The molecule has 0 saturated carbocycles. The number of hydrazine groups is 1. The standard InChI is InChI=1S/C11H9Br2ClN2O/c12-8-2-1-6(14)5-7(8)10(16-15)11-9(13)3-4-17-11/h1-5,10,16H,15H2. The largest absolute Gasteiger partial charge is 0.466 e. The van der Waals surface area contributed by atoms with Crippen molar-refractivity contribution >= 4 is 43.5 Å². The van der Waals surface area contributed by atoms with Gasteiger partial charge < -0.3 is 4.42 Å². The van der Waals surface area contributed by atoms with Crippen LogP contribution in [0.3, 0.4) is 0 Å². The van der Waals surface area contributed by atoms with Gasteiger partial charge >= 0.3 is 0 Å². The molecule has 2 rings (SSSR count). The molecule has 2 aromatic rings. The summed E-state index contributed by atoms with van der Waals surface area (Å²) in [6.07, 6.45) is 1.60. The smallest absolute Gasteiger partial charge is 0.140 e. The lowest BCUT2D eigenvalue weighted by Gasteiger charge is -2.16. The number of nitrogens with one attached hydrogen (secondary N) is 1. The Morgan fingerprint density at radius 1 is 1.24 bits per heavy atom. The minimum Gasteiger partial charge on any atom is -0.466 e. The molecule has 1 aromatic heterocycles.